The van der Waals surface area contributed by atoms with E-state index in [9.17, 15) is 23.1 Å². The van der Waals surface area contributed by atoms with Gasteiger partial charge in [0.1, 0.15) is 5.52 Å². The topological polar surface area (TPSA) is 92.9 Å². The lowest BCUT2D eigenvalue weighted by Gasteiger charge is -2.32. The van der Waals surface area contributed by atoms with Gasteiger partial charge in [-0.1, -0.05) is 18.6 Å². The Hall–Kier alpha value is -3.17. The predicted octanol–water partition coefficient (Wildman–Crippen LogP) is 4.19. The van der Waals surface area contributed by atoms with Crippen LogP contribution in [0.5, 0.6) is 0 Å². The first-order valence-electron chi connectivity index (χ1n) is 9.61. The molecule has 4 rings (SSSR count). The summed E-state index contributed by atoms with van der Waals surface area (Å²) < 4.78 is 40.1. The van der Waals surface area contributed by atoms with Gasteiger partial charge in [-0.05, 0) is 43.4 Å². The lowest BCUT2D eigenvalue weighted by molar-refractivity contribution is -0.137. The van der Waals surface area contributed by atoms with Gasteiger partial charge in [0.15, 0.2) is 11.5 Å². The molecule has 10 heteroatoms. The third kappa shape index (κ3) is 3.94. The van der Waals surface area contributed by atoms with Crippen molar-refractivity contribution in [3.05, 3.63) is 47.5 Å². The van der Waals surface area contributed by atoms with Crippen molar-refractivity contribution in [3.8, 4) is 0 Å². The van der Waals surface area contributed by atoms with Gasteiger partial charge in [0, 0.05) is 12.6 Å². The van der Waals surface area contributed by atoms with E-state index in [0.29, 0.717) is 22.8 Å². The molecule has 1 fully saturated rings. The van der Waals surface area contributed by atoms with Gasteiger partial charge in [0.2, 0.25) is 5.82 Å². The molecule has 0 radical (unpaired) electrons. The number of imidazole rings is 1. The van der Waals surface area contributed by atoms with Gasteiger partial charge < -0.3 is 15.0 Å². The van der Waals surface area contributed by atoms with E-state index in [0.717, 1.165) is 25.0 Å². The van der Waals surface area contributed by atoms with Crippen molar-refractivity contribution >= 4 is 23.0 Å². The minimum atomic E-state index is -4.39. The van der Waals surface area contributed by atoms with E-state index in [1.165, 1.54) is 24.9 Å². The van der Waals surface area contributed by atoms with Crippen LogP contribution >= 0.6 is 0 Å². The largest absolute Gasteiger partial charge is 0.475 e. The molecule has 1 saturated carbocycles. The summed E-state index contributed by atoms with van der Waals surface area (Å²) in [4.78, 5) is 23.8. The van der Waals surface area contributed by atoms with E-state index in [1.54, 1.807) is 4.57 Å². The van der Waals surface area contributed by atoms with Crippen LogP contribution in [-0.2, 0) is 12.7 Å². The Morgan fingerprint density at radius 1 is 1.27 bits per heavy atom. The Balaban J connectivity index is 1.68. The van der Waals surface area contributed by atoms with Crippen LogP contribution in [0.25, 0.3) is 11.2 Å². The molecule has 1 aliphatic rings. The molecule has 30 heavy (non-hydrogen) atoms. The first-order valence-corrected chi connectivity index (χ1v) is 9.61. The number of nitrogens with one attached hydrogen (secondary N) is 1. The predicted molar refractivity (Wildman–Crippen MR) is 103 cm³/mol. The lowest BCUT2D eigenvalue weighted by Crippen LogP contribution is -2.31. The number of fused-ring (bicyclic) bond motifs is 1. The minimum absolute atomic E-state index is 0.0907. The maximum absolute atomic E-state index is 12.8. The molecule has 0 saturated heterocycles. The highest BCUT2D eigenvalue weighted by molar-refractivity contribution is 5.90. The summed E-state index contributed by atoms with van der Waals surface area (Å²) in [5.41, 5.74) is 0.666. The number of alkyl halides is 3. The third-order valence-corrected chi connectivity index (χ3v) is 5.52. The number of rotatable bonds is 6. The normalized spacial score (nSPS) is 15.7. The van der Waals surface area contributed by atoms with Crippen LogP contribution in [0.15, 0.2) is 30.6 Å². The highest BCUT2D eigenvalue weighted by Crippen LogP contribution is 2.32. The van der Waals surface area contributed by atoms with E-state index < -0.39 is 17.7 Å². The van der Waals surface area contributed by atoms with E-state index in [2.05, 4.69) is 20.3 Å². The van der Waals surface area contributed by atoms with Gasteiger partial charge in [-0.15, -0.1) is 0 Å². The Labute approximate surface area is 170 Å². The molecule has 2 heterocycles. The maximum atomic E-state index is 12.8. The first-order chi connectivity index (χ1) is 14.2. The zero-order chi connectivity index (χ0) is 21.5. The van der Waals surface area contributed by atoms with E-state index in [1.807, 2.05) is 6.92 Å². The molecule has 0 aliphatic heterocycles. The van der Waals surface area contributed by atoms with Crippen molar-refractivity contribution in [1.82, 2.24) is 19.5 Å². The van der Waals surface area contributed by atoms with Crippen LogP contribution in [0, 0.1) is 5.92 Å². The molecule has 1 atom stereocenters. The van der Waals surface area contributed by atoms with E-state index in [4.69, 9.17) is 0 Å². The van der Waals surface area contributed by atoms with Crippen molar-refractivity contribution in [2.45, 2.75) is 44.9 Å². The quantitative estimate of drug-likeness (QED) is 0.622. The Morgan fingerprint density at radius 3 is 2.53 bits per heavy atom. The van der Waals surface area contributed by atoms with Gasteiger partial charge in [-0.3, -0.25) is 0 Å². The van der Waals surface area contributed by atoms with Gasteiger partial charge in [-0.2, -0.15) is 13.2 Å². The summed E-state index contributed by atoms with van der Waals surface area (Å²) in [6, 6.07) is 4.97. The molecular formula is C20H20F3N5O2. The number of aromatic nitrogens is 4. The fourth-order valence-corrected chi connectivity index (χ4v) is 3.56. The van der Waals surface area contributed by atoms with E-state index >= 15 is 0 Å². The van der Waals surface area contributed by atoms with Gasteiger partial charge in [0.25, 0.3) is 0 Å². The lowest BCUT2D eigenvalue weighted by atomic mass is 9.80. The maximum Gasteiger partial charge on any atom is 0.416 e. The van der Waals surface area contributed by atoms with Crippen molar-refractivity contribution in [1.29, 1.82) is 0 Å². The number of carboxylic acids is 1. The van der Waals surface area contributed by atoms with Crippen LogP contribution in [0.2, 0.25) is 0 Å². The monoisotopic (exact) mass is 419 g/mol. The smallest absolute Gasteiger partial charge is 0.416 e. The molecule has 3 aromatic rings. The van der Waals surface area contributed by atoms with Crippen LogP contribution in [0.1, 0.15) is 47.9 Å². The fourth-order valence-electron chi connectivity index (χ4n) is 3.56. The van der Waals surface area contributed by atoms with Crippen molar-refractivity contribution < 1.29 is 23.1 Å². The molecule has 2 N–H and O–H groups in total. The number of carboxylic acid groups (broad SMARTS) is 1. The molecular weight excluding hydrogens is 399 g/mol. The second-order valence-corrected chi connectivity index (χ2v) is 7.56. The second-order valence-electron chi connectivity index (χ2n) is 7.56. The summed E-state index contributed by atoms with van der Waals surface area (Å²) in [5, 5.41) is 12.6. The SMILES string of the molecule is CC(Nc1nc(C(=O)O)nc2ncn(Cc3ccc(C(F)(F)F)cc3)c12)C1CCC1. The van der Waals surface area contributed by atoms with Crippen LogP contribution in [0.4, 0.5) is 19.0 Å². The van der Waals surface area contributed by atoms with Gasteiger partial charge >= 0.3 is 12.1 Å². The fraction of sp³-hybridized carbons (Fsp3) is 0.400. The molecule has 1 aromatic carbocycles. The standard InChI is InChI=1S/C20H20F3N5O2/c1-11(13-3-2-4-13)25-17-15-16(26-18(27-17)19(29)30)24-10-28(15)9-12-5-7-14(8-6-12)20(21,22)23/h5-8,10-11,13H,2-4,9H2,1H3,(H,29,30)(H,25,26,27). The van der Waals surface area contributed by atoms with Crippen LogP contribution < -0.4 is 5.32 Å². The first kappa shape index (κ1) is 20.1. The number of halogens is 3. The van der Waals surface area contributed by atoms with Gasteiger partial charge in [-0.25, -0.2) is 19.7 Å². The average Bonchev–Trinajstić information content (AvgIpc) is 3.03. The summed E-state index contributed by atoms with van der Waals surface area (Å²) in [5.74, 6) is -0.769. The van der Waals surface area contributed by atoms with Gasteiger partial charge in [0.05, 0.1) is 11.9 Å². The molecule has 7 nitrogen and oxygen atoms in total. The number of nitrogens with zero attached hydrogens (tertiary/aromatic N) is 4. The summed E-state index contributed by atoms with van der Waals surface area (Å²) in [6.07, 6.45) is 0.456. The second kappa shape index (κ2) is 7.58. The molecule has 1 unspecified atom stereocenters. The number of hydrogen-bond donors (Lipinski definition) is 2. The molecule has 158 valence electrons. The van der Waals surface area contributed by atoms with Crippen molar-refractivity contribution in [2.75, 3.05) is 5.32 Å². The Morgan fingerprint density at radius 2 is 1.97 bits per heavy atom. The van der Waals surface area contributed by atoms with Crippen LogP contribution in [0.3, 0.4) is 0 Å². The highest BCUT2D eigenvalue weighted by atomic mass is 19.4. The van der Waals surface area contributed by atoms with E-state index in [-0.39, 0.29) is 24.1 Å². The molecule has 0 amide bonds. The zero-order valence-electron chi connectivity index (χ0n) is 16.1. The number of hydrogen-bond acceptors (Lipinski definition) is 5. The van der Waals surface area contributed by atoms with Crippen molar-refractivity contribution in [3.63, 3.8) is 0 Å². The molecule has 2 aromatic heterocycles. The summed E-state index contributed by atoms with van der Waals surface area (Å²) in [7, 11) is 0. The number of aromatic carboxylic acids is 1. The number of carbonyl (C=O) groups is 1. The summed E-state index contributed by atoms with van der Waals surface area (Å²) >= 11 is 0. The van der Waals surface area contributed by atoms with Crippen molar-refractivity contribution in [2.24, 2.45) is 5.92 Å². The number of anilines is 1. The number of benzene rings is 1. The van der Waals surface area contributed by atoms with Crippen LogP contribution in [-0.4, -0.2) is 36.6 Å². The Bertz CT molecular complexity index is 1070. The summed E-state index contributed by atoms with van der Waals surface area (Å²) in [6.45, 7) is 2.27. The molecule has 1 aliphatic carbocycles. The third-order valence-electron chi connectivity index (χ3n) is 5.52. The molecule has 0 spiro atoms. The average molecular weight is 419 g/mol. The Kier molecular flexibility index (Phi) is 5.08. The molecule has 0 bridgehead atoms. The highest BCUT2D eigenvalue weighted by Gasteiger charge is 2.30. The zero-order valence-corrected chi connectivity index (χ0v) is 16.1. The minimum Gasteiger partial charge on any atom is -0.475 e.